The summed E-state index contributed by atoms with van der Waals surface area (Å²) in [5.41, 5.74) is 3.92. The van der Waals surface area contributed by atoms with Gasteiger partial charge in [0.1, 0.15) is 0 Å². The lowest BCUT2D eigenvalue weighted by atomic mass is 10.1. The Labute approximate surface area is 181 Å². The van der Waals surface area contributed by atoms with Crippen molar-refractivity contribution in [3.8, 4) is 0 Å². The van der Waals surface area contributed by atoms with Crippen molar-refractivity contribution in [1.29, 1.82) is 0 Å². The average Bonchev–Trinajstić information content (AvgIpc) is 3.34. The number of amides is 2. The van der Waals surface area contributed by atoms with Crippen LogP contribution in [-0.4, -0.2) is 50.9 Å². The largest absolute Gasteiger partial charge is 0.453 e. The summed E-state index contributed by atoms with van der Waals surface area (Å²) in [6.45, 7) is 5.60. The Kier molecular flexibility index (Phi) is 6.84. The molecule has 164 valence electrons. The first-order chi connectivity index (χ1) is 14.8. The second kappa shape index (κ2) is 9.55. The molecule has 0 bridgehead atoms. The lowest BCUT2D eigenvalue weighted by Crippen LogP contribution is -2.31. The van der Waals surface area contributed by atoms with Gasteiger partial charge < -0.3 is 10.1 Å². The Morgan fingerprint density at radius 3 is 2.52 bits per heavy atom. The van der Waals surface area contributed by atoms with Gasteiger partial charge in [-0.2, -0.15) is 10.2 Å². The van der Waals surface area contributed by atoms with Crippen molar-refractivity contribution < 1.29 is 19.1 Å². The molecular weight excluding hydrogens is 398 g/mol. The number of aryl methyl sites for hydroxylation is 2. The highest BCUT2D eigenvalue weighted by Gasteiger charge is 2.24. The van der Waals surface area contributed by atoms with Crippen LogP contribution in [0.4, 0.5) is 5.69 Å². The van der Waals surface area contributed by atoms with Crippen LogP contribution < -0.4 is 5.32 Å². The number of nitrogens with zero attached hydrogens (tertiary/aromatic N) is 4. The molecule has 1 aliphatic heterocycles. The molecule has 2 aromatic rings. The number of rotatable bonds is 7. The highest BCUT2D eigenvalue weighted by atomic mass is 16.5. The molecule has 1 N–H and O–H groups in total. The zero-order chi connectivity index (χ0) is 22.5. The number of carbonyl (C=O) groups excluding carboxylic acids is 3. The lowest BCUT2D eigenvalue weighted by Gasteiger charge is -2.14. The molecule has 0 saturated carbocycles. The predicted octanol–water partition coefficient (Wildman–Crippen LogP) is 2.32. The maximum atomic E-state index is 12.4. The molecule has 1 aromatic heterocycles. The summed E-state index contributed by atoms with van der Waals surface area (Å²) < 4.78 is 6.85. The summed E-state index contributed by atoms with van der Waals surface area (Å²) in [6, 6.07) is 9.67. The first kappa shape index (κ1) is 22.2. The van der Waals surface area contributed by atoms with Crippen LogP contribution in [0, 0.1) is 13.8 Å². The fourth-order valence-corrected chi connectivity index (χ4v) is 3.30. The van der Waals surface area contributed by atoms with Gasteiger partial charge in [-0.05, 0) is 26.3 Å². The van der Waals surface area contributed by atoms with E-state index in [1.54, 1.807) is 18.7 Å². The molecule has 31 heavy (non-hydrogen) atoms. The van der Waals surface area contributed by atoms with Gasteiger partial charge in [0.15, 0.2) is 6.10 Å². The van der Waals surface area contributed by atoms with E-state index in [4.69, 9.17) is 4.74 Å². The standard InChI is InChI=1S/C22H27N5O4/c1-14-21(15(2)26(4)24-14)23-22(30)16(3)31-20(29)11-10-19(28)27-13-12-18(25-27)17-8-6-5-7-9-17/h5-9,16H,10-13H2,1-4H3,(H,23,30). The van der Waals surface area contributed by atoms with Crippen LogP contribution in [0.25, 0.3) is 0 Å². The van der Waals surface area contributed by atoms with E-state index >= 15 is 0 Å². The first-order valence-corrected chi connectivity index (χ1v) is 10.2. The number of aromatic nitrogens is 2. The van der Waals surface area contributed by atoms with Crippen molar-refractivity contribution >= 4 is 29.2 Å². The SMILES string of the molecule is Cc1nn(C)c(C)c1NC(=O)C(C)OC(=O)CCC(=O)N1CCC(c2ccccc2)=N1. The molecule has 2 amide bonds. The normalized spacial score (nSPS) is 14.2. The van der Waals surface area contributed by atoms with Crippen LogP contribution in [-0.2, 0) is 26.2 Å². The molecule has 0 aliphatic carbocycles. The Morgan fingerprint density at radius 2 is 1.87 bits per heavy atom. The molecule has 0 radical (unpaired) electrons. The number of hydrogen-bond acceptors (Lipinski definition) is 6. The predicted molar refractivity (Wildman–Crippen MR) is 115 cm³/mol. The third kappa shape index (κ3) is 5.36. The molecular formula is C22H27N5O4. The van der Waals surface area contributed by atoms with E-state index in [-0.39, 0.29) is 18.7 Å². The van der Waals surface area contributed by atoms with Crippen molar-refractivity contribution in [2.75, 3.05) is 11.9 Å². The highest BCUT2D eigenvalue weighted by molar-refractivity contribution is 6.02. The van der Waals surface area contributed by atoms with Gasteiger partial charge in [0.25, 0.3) is 5.91 Å². The maximum absolute atomic E-state index is 12.4. The van der Waals surface area contributed by atoms with Crippen LogP contribution in [0.2, 0.25) is 0 Å². The number of esters is 1. The number of anilines is 1. The molecule has 2 heterocycles. The highest BCUT2D eigenvalue weighted by Crippen LogP contribution is 2.19. The van der Waals surface area contributed by atoms with Gasteiger partial charge >= 0.3 is 5.97 Å². The molecule has 0 spiro atoms. The van der Waals surface area contributed by atoms with Crippen molar-refractivity contribution in [2.45, 2.75) is 46.1 Å². The van der Waals surface area contributed by atoms with Crippen molar-refractivity contribution in [2.24, 2.45) is 12.1 Å². The average molecular weight is 425 g/mol. The Morgan fingerprint density at radius 1 is 1.16 bits per heavy atom. The van der Waals surface area contributed by atoms with Crippen LogP contribution in [0.3, 0.4) is 0 Å². The van der Waals surface area contributed by atoms with Crippen LogP contribution >= 0.6 is 0 Å². The van der Waals surface area contributed by atoms with Gasteiger partial charge in [-0.25, -0.2) is 5.01 Å². The van der Waals surface area contributed by atoms with E-state index in [0.29, 0.717) is 24.3 Å². The zero-order valence-corrected chi connectivity index (χ0v) is 18.2. The third-order valence-electron chi connectivity index (χ3n) is 5.17. The fourth-order valence-electron chi connectivity index (χ4n) is 3.30. The lowest BCUT2D eigenvalue weighted by molar-refractivity contribution is -0.154. The second-order valence-corrected chi connectivity index (χ2v) is 7.47. The minimum absolute atomic E-state index is 0.0282. The van der Waals surface area contributed by atoms with Gasteiger partial charge in [0, 0.05) is 19.9 Å². The summed E-state index contributed by atoms with van der Waals surface area (Å²) in [4.78, 5) is 36.9. The molecule has 1 unspecified atom stereocenters. The number of nitrogens with one attached hydrogen (secondary N) is 1. The van der Waals surface area contributed by atoms with Crippen molar-refractivity contribution in [3.05, 3.63) is 47.3 Å². The molecule has 3 rings (SSSR count). The molecule has 9 heteroatoms. The summed E-state index contributed by atoms with van der Waals surface area (Å²) in [7, 11) is 1.78. The van der Waals surface area contributed by atoms with Crippen molar-refractivity contribution in [3.63, 3.8) is 0 Å². The summed E-state index contributed by atoms with van der Waals surface area (Å²) >= 11 is 0. The van der Waals surface area contributed by atoms with Gasteiger partial charge in [0.05, 0.1) is 35.8 Å². The smallest absolute Gasteiger partial charge is 0.307 e. The van der Waals surface area contributed by atoms with E-state index in [9.17, 15) is 14.4 Å². The number of carbonyl (C=O) groups is 3. The molecule has 1 atom stereocenters. The number of hydrazone groups is 1. The summed E-state index contributed by atoms with van der Waals surface area (Å²) in [6.07, 6.45) is -0.464. The summed E-state index contributed by atoms with van der Waals surface area (Å²) in [5, 5.41) is 12.7. The topological polar surface area (TPSA) is 106 Å². The third-order valence-corrected chi connectivity index (χ3v) is 5.17. The number of hydrogen-bond donors (Lipinski definition) is 1. The maximum Gasteiger partial charge on any atom is 0.307 e. The van der Waals surface area contributed by atoms with Crippen LogP contribution in [0.15, 0.2) is 35.4 Å². The fraction of sp³-hybridized carbons (Fsp3) is 0.409. The van der Waals surface area contributed by atoms with E-state index in [0.717, 1.165) is 17.0 Å². The molecule has 1 aromatic carbocycles. The van der Waals surface area contributed by atoms with Gasteiger partial charge in [-0.1, -0.05) is 30.3 Å². The molecule has 1 aliphatic rings. The van der Waals surface area contributed by atoms with Crippen molar-refractivity contribution in [1.82, 2.24) is 14.8 Å². The monoisotopic (exact) mass is 425 g/mol. The molecule has 9 nitrogen and oxygen atoms in total. The van der Waals surface area contributed by atoms with Crippen LogP contribution in [0.1, 0.15) is 43.1 Å². The molecule has 0 fully saturated rings. The van der Waals surface area contributed by atoms with E-state index in [1.165, 1.54) is 11.9 Å². The minimum atomic E-state index is -0.990. The Balaban J connectivity index is 1.47. The first-order valence-electron chi connectivity index (χ1n) is 10.2. The van der Waals surface area contributed by atoms with Gasteiger partial charge in [-0.15, -0.1) is 0 Å². The van der Waals surface area contributed by atoms with E-state index in [2.05, 4.69) is 15.5 Å². The van der Waals surface area contributed by atoms with Gasteiger partial charge in [0.2, 0.25) is 5.91 Å². The summed E-state index contributed by atoms with van der Waals surface area (Å²) in [5.74, 6) is -1.31. The van der Waals surface area contributed by atoms with Gasteiger partial charge in [-0.3, -0.25) is 19.1 Å². The quantitative estimate of drug-likeness (QED) is 0.686. The second-order valence-electron chi connectivity index (χ2n) is 7.47. The number of ether oxygens (including phenoxy) is 1. The van der Waals surface area contributed by atoms with E-state index < -0.39 is 18.0 Å². The Bertz CT molecular complexity index is 1010. The van der Waals surface area contributed by atoms with Crippen LogP contribution in [0.5, 0.6) is 0 Å². The van der Waals surface area contributed by atoms with E-state index in [1.807, 2.05) is 37.3 Å². The molecule has 0 saturated heterocycles. The Hall–Kier alpha value is -3.49. The zero-order valence-electron chi connectivity index (χ0n) is 18.2. The minimum Gasteiger partial charge on any atom is -0.453 e. The number of benzene rings is 1.